The van der Waals surface area contributed by atoms with Gasteiger partial charge >= 0.3 is 5.97 Å². The van der Waals surface area contributed by atoms with Gasteiger partial charge in [0.2, 0.25) is 23.6 Å². The molecule has 0 fully saturated rings. The van der Waals surface area contributed by atoms with Crippen LogP contribution in [0.25, 0.3) is 0 Å². The van der Waals surface area contributed by atoms with Crippen molar-refractivity contribution in [3.63, 3.8) is 0 Å². The van der Waals surface area contributed by atoms with Gasteiger partial charge < -0.3 is 44.0 Å². The summed E-state index contributed by atoms with van der Waals surface area (Å²) in [5.41, 5.74) is 22.8. The number of carbonyl (C=O) groups excluding carboxylic acids is 4. The Kier molecular flexibility index (Phi) is 14.7. The standard InChI is InChI=1S/C26H42N8O6/c1-3-15(2)21(25(39)40)34-24(38)18(10-7-13-31-26(29)30)33-23(37)19(11-12-20(28)35)32-22(36)17(27)14-16-8-5-4-6-9-16/h4-6,8-9,15,17-19,21H,3,7,10-14,27H2,1-2H3,(H2,28,35)(H,32,36)(H,33,37)(H,34,38)(H,39,40)(H4,29,30,31). The van der Waals surface area contributed by atoms with Crippen molar-refractivity contribution >= 4 is 35.6 Å². The van der Waals surface area contributed by atoms with Crippen LogP contribution in [-0.4, -0.2) is 71.4 Å². The van der Waals surface area contributed by atoms with Gasteiger partial charge in [-0.2, -0.15) is 0 Å². The second-order valence-corrected chi connectivity index (χ2v) is 9.58. The maximum Gasteiger partial charge on any atom is 0.326 e. The van der Waals surface area contributed by atoms with E-state index in [2.05, 4.69) is 20.9 Å². The van der Waals surface area contributed by atoms with Crippen LogP contribution in [0.5, 0.6) is 0 Å². The highest BCUT2D eigenvalue weighted by Gasteiger charge is 2.32. The predicted molar refractivity (Wildman–Crippen MR) is 149 cm³/mol. The molecule has 40 heavy (non-hydrogen) atoms. The van der Waals surface area contributed by atoms with Crippen LogP contribution < -0.4 is 38.9 Å². The monoisotopic (exact) mass is 562 g/mol. The molecule has 0 aliphatic carbocycles. The van der Waals surface area contributed by atoms with Gasteiger partial charge in [-0.15, -0.1) is 0 Å². The third-order valence-electron chi connectivity index (χ3n) is 6.30. The van der Waals surface area contributed by atoms with Crippen molar-refractivity contribution in [2.45, 2.75) is 76.5 Å². The minimum atomic E-state index is -1.24. The Labute approximate surface area is 233 Å². The lowest BCUT2D eigenvalue weighted by Gasteiger charge is -2.26. The zero-order valence-electron chi connectivity index (χ0n) is 23.0. The van der Waals surface area contributed by atoms with E-state index in [-0.39, 0.29) is 50.5 Å². The molecule has 1 aromatic rings. The fourth-order valence-corrected chi connectivity index (χ4v) is 3.78. The van der Waals surface area contributed by atoms with Gasteiger partial charge in [0.15, 0.2) is 5.96 Å². The van der Waals surface area contributed by atoms with Crippen LogP contribution in [-0.2, 0) is 30.4 Å². The van der Waals surface area contributed by atoms with Crippen molar-refractivity contribution in [2.75, 3.05) is 6.54 Å². The molecule has 222 valence electrons. The smallest absolute Gasteiger partial charge is 0.326 e. The van der Waals surface area contributed by atoms with Crippen molar-refractivity contribution in [3.05, 3.63) is 35.9 Å². The quantitative estimate of drug-likeness (QED) is 0.0585. The van der Waals surface area contributed by atoms with Gasteiger partial charge in [0.05, 0.1) is 6.04 Å². The lowest BCUT2D eigenvalue weighted by Crippen LogP contribution is -2.58. The number of aliphatic imine (C=N–C) groups is 1. The Hall–Kier alpha value is -4.20. The van der Waals surface area contributed by atoms with Gasteiger partial charge in [0, 0.05) is 13.0 Å². The Bertz CT molecular complexity index is 1030. The summed E-state index contributed by atoms with van der Waals surface area (Å²) in [5, 5.41) is 17.2. The molecular weight excluding hydrogens is 520 g/mol. The third-order valence-corrected chi connectivity index (χ3v) is 6.30. The van der Waals surface area contributed by atoms with Crippen LogP contribution in [0, 0.1) is 5.92 Å². The van der Waals surface area contributed by atoms with Crippen LogP contribution >= 0.6 is 0 Å². The van der Waals surface area contributed by atoms with Crippen molar-refractivity contribution in [3.8, 4) is 0 Å². The Morgan fingerprint density at radius 2 is 1.48 bits per heavy atom. The fourth-order valence-electron chi connectivity index (χ4n) is 3.78. The first-order valence-corrected chi connectivity index (χ1v) is 13.1. The molecule has 12 N–H and O–H groups in total. The number of hydrogen-bond acceptors (Lipinski definition) is 7. The molecule has 0 bridgehead atoms. The van der Waals surface area contributed by atoms with Crippen LogP contribution in [0.1, 0.15) is 51.5 Å². The summed E-state index contributed by atoms with van der Waals surface area (Å²) in [7, 11) is 0. The number of carboxylic acid groups (broad SMARTS) is 1. The highest BCUT2D eigenvalue weighted by atomic mass is 16.4. The molecule has 14 heteroatoms. The molecule has 0 saturated carbocycles. The molecular formula is C26H42N8O6. The van der Waals surface area contributed by atoms with E-state index in [1.165, 1.54) is 0 Å². The zero-order chi connectivity index (χ0) is 30.2. The lowest BCUT2D eigenvalue weighted by atomic mass is 9.98. The summed E-state index contributed by atoms with van der Waals surface area (Å²) in [6, 6.07) is 4.45. The van der Waals surface area contributed by atoms with Crippen LogP contribution in [0.4, 0.5) is 0 Å². The molecule has 14 nitrogen and oxygen atoms in total. The summed E-state index contributed by atoms with van der Waals surface area (Å²) in [5.74, 6) is -4.56. The van der Waals surface area contributed by atoms with Gasteiger partial charge in [-0.25, -0.2) is 4.79 Å². The molecule has 0 saturated heterocycles. The van der Waals surface area contributed by atoms with E-state index in [0.29, 0.717) is 6.42 Å². The maximum atomic E-state index is 13.3. The second-order valence-electron chi connectivity index (χ2n) is 9.58. The zero-order valence-corrected chi connectivity index (χ0v) is 23.0. The van der Waals surface area contributed by atoms with Crippen molar-refractivity contribution in [2.24, 2.45) is 33.8 Å². The lowest BCUT2D eigenvalue weighted by molar-refractivity contribution is -0.144. The molecule has 0 aliphatic heterocycles. The summed E-state index contributed by atoms with van der Waals surface area (Å²) < 4.78 is 0. The Morgan fingerprint density at radius 3 is 2.02 bits per heavy atom. The normalized spacial score (nSPS) is 14.5. The van der Waals surface area contributed by atoms with E-state index in [1.54, 1.807) is 38.1 Å². The molecule has 0 aromatic heterocycles. The minimum absolute atomic E-state index is 0.0607. The average Bonchev–Trinajstić information content (AvgIpc) is 2.90. The van der Waals surface area contributed by atoms with E-state index in [1.807, 2.05) is 6.07 Å². The van der Waals surface area contributed by atoms with Crippen LogP contribution in [0.15, 0.2) is 35.3 Å². The van der Waals surface area contributed by atoms with E-state index in [4.69, 9.17) is 22.9 Å². The summed E-state index contributed by atoms with van der Waals surface area (Å²) in [4.78, 5) is 66.2. The molecule has 5 atom stereocenters. The molecule has 5 unspecified atom stereocenters. The third kappa shape index (κ3) is 12.6. The van der Waals surface area contributed by atoms with Gasteiger partial charge in [-0.3, -0.25) is 24.2 Å². The predicted octanol–water partition coefficient (Wildman–Crippen LogP) is -1.54. The van der Waals surface area contributed by atoms with Gasteiger partial charge in [0.25, 0.3) is 0 Å². The highest BCUT2D eigenvalue weighted by Crippen LogP contribution is 2.10. The largest absolute Gasteiger partial charge is 0.480 e. The number of primary amides is 1. The number of nitrogens with one attached hydrogen (secondary N) is 3. The number of nitrogens with zero attached hydrogens (tertiary/aromatic N) is 1. The molecule has 1 aromatic carbocycles. The summed E-state index contributed by atoms with van der Waals surface area (Å²) >= 11 is 0. The number of rotatable bonds is 18. The molecule has 4 amide bonds. The van der Waals surface area contributed by atoms with E-state index in [9.17, 15) is 29.1 Å². The van der Waals surface area contributed by atoms with Gasteiger partial charge in [0.1, 0.15) is 18.1 Å². The summed E-state index contributed by atoms with van der Waals surface area (Å²) in [6.45, 7) is 3.63. The van der Waals surface area contributed by atoms with Crippen LogP contribution in [0.2, 0.25) is 0 Å². The van der Waals surface area contributed by atoms with E-state index >= 15 is 0 Å². The topological polar surface area (TPSA) is 258 Å². The number of guanidine groups is 1. The Morgan fingerprint density at radius 1 is 0.900 bits per heavy atom. The number of nitrogens with two attached hydrogens (primary N) is 4. The number of carboxylic acids is 1. The number of benzene rings is 1. The van der Waals surface area contributed by atoms with Crippen molar-refractivity contribution in [1.29, 1.82) is 0 Å². The first-order valence-electron chi connectivity index (χ1n) is 13.1. The second kappa shape index (κ2) is 17.4. The molecule has 0 heterocycles. The SMILES string of the molecule is CCC(C)C(NC(=O)C(CCCN=C(N)N)NC(=O)C(CCC(N)=O)NC(=O)C(N)Cc1ccccc1)C(=O)O. The molecule has 0 aliphatic rings. The number of amides is 4. The number of hydrogen-bond donors (Lipinski definition) is 8. The van der Waals surface area contributed by atoms with Gasteiger partial charge in [-0.1, -0.05) is 50.6 Å². The average molecular weight is 563 g/mol. The number of aliphatic carboxylic acids is 1. The van der Waals surface area contributed by atoms with Crippen molar-refractivity contribution < 1.29 is 29.1 Å². The molecule has 0 radical (unpaired) electrons. The minimum Gasteiger partial charge on any atom is -0.480 e. The van der Waals surface area contributed by atoms with Gasteiger partial charge in [-0.05, 0) is 37.2 Å². The van der Waals surface area contributed by atoms with E-state index < -0.39 is 53.8 Å². The fraction of sp³-hybridized carbons (Fsp3) is 0.538. The Balaban J connectivity index is 3.07. The first-order chi connectivity index (χ1) is 18.8. The van der Waals surface area contributed by atoms with Crippen molar-refractivity contribution in [1.82, 2.24) is 16.0 Å². The first kappa shape index (κ1) is 33.8. The van der Waals surface area contributed by atoms with E-state index in [0.717, 1.165) is 5.56 Å². The summed E-state index contributed by atoms with van der Waals surface area (Å²) in [6.07, 6.45) is 0.672. The highest BCUT2D eigenvalue weighted by molar-refractivity contribution is 5.94. The number of carbonyl (C=O) groups is 5. The van der Waals surface area contributed by atoms with Crippen LogP contribution in [0.3, 0.4) is 0 Å². The molecule has 0 spiro atoms. The maximum absolute atomic E-state index is 13.3. The molecule has 1 rings (SSSR count).